The number of aromatic nitrogens is 4. The van der Waals surface area contributed by atoms with E-state index < -0.39 is 0 Å². The van der Waals surface area contributed by atoms with Crippen molar-refractivity contribution < 1.29 is 9.90 Å². The molecule has 7 heteroatoms. The second-order valence-electron chi connectivity index (χ2n) is 5.71. The van der Waals surface area contributed by atoms with E-state index in [1.54, 1.807) is 36.5 Å². The molecule has 0 bridgehead atoms. The maximum Gasteiger partial charge on any atom is 0.269 e. The normalized spacial score (nSPS) is 10.8. The standard InChI is InChI=1S/C18H21N5O2/c1-2-17-19-9-11-23(17)10-3-8-20-18(25)16-12-15(21-22-16)13-4-6-14(24)7-5-13/h4-7,9,11-12,24H,2-3,8,10H2,1H3,(H,20,25)(H,21,22). The van der Waals surface area contributed by atoms with Crippen LogP contribution >= 0.6 is 0 Å². The molecule has 0 aliphatic heterocycles. The number of nitrogens with zero attached hydrogens (tertiary/aromatic N) is 3. The molecule has 0 saturated heterocycles. The van der Waals surface area contributed by atoms with Gasteiger partial charge in [-0.1, -0.05) is 6.92 Å². The minimum Gasteiger partial charge on any atom is -0.508 e. The molecule has 0 unspecified atom stereocenters. The number of nitrogens with one attached hydrogen (secondary N) is 2. The number of imidazole rings is 1. The summed E-state index contributed by atoms with van der Waals surface area (Å²) in [6, 6.07) is 8.38. The number of carbonyl (C=O) groups is 1. The van der Waals surface area contributed by atoms with E-state index in [0.29, 0.717) is 17.9 Å². The summed E-state index contributed by atoms with van der Waals surface area (Å²) in [5.74, 6) is 1.07. The van der Waals surface area contributed by atoms with E-state index in [9.17, 15) is 9.90 Å². The molecular weight excluding hydrogens is 318 g/mol. The first-order valence-corrected chi connectivity index (χ1v) is 8.30. The third-order valence-electron chi connectivity index (χ3n) is 3.96. The summed E-state index contributed by atoms with van der Waals surface area (Å²) >= 11 is 0. The van der Waals surface area contributed by atoms with Crippen molar-refractivity contribution in [3.05, 3.63) is 54.2 Å². The van der Waals surface area contributed by atoms with Crippen molar-refractivity contribution >= 4 is 5.91 Å². The molecule has 0 saturated carbocycles. The molecule has 1 amide bonds. The summed E-state index contributed by atoms with van der Waals surface area (Å²) < 4.78 is 2.10. The Hall–Kier alpha value is -3.09. The fraction of sp³-hybridized carbons (Fsp3) is 0.278. The number of benzene rings is 1. The first kappa shape index (κ1) is 16.8. The molecule has 0 atom stereocenters. The van der Waals surface area contributed by atoms with Crippen LogP contribution in [0.2, 0.25) is 0 Å². The van der Waals surface area contributed by atoms with Crippen LogP contribution in [-0.2, 0) is 13.0 Å². The van der Waals surface area contributed by atoms with Gasteiger partial charge in [0.05, 0.1) is 5.69 Å². The van der Waals surface area contributed by atoms with Gasteiger partial charge in [-0.3, -0.25) is 9.89 Å². The van der Waals surface area contributed by atoms with Gasteiger partial charge in [0.2, 0.25) is 0 Å². The lowest BCUT2D eigenvalue weighted by Gasteiger charge is -2.07. The van der Waals surface area contributed by atoms with E-state index in [4.69, 9.17) is 0 Å². The number of hydrogen-bond donors (Lipinski definition) is 3. The number of hydrogen-bond acceptors (Lipinski definition) is 4. The maximum absolute atomic E-state index is 12.2. The van der Waals surface area contributed by atoms with E-state index >= 15 is 0 Å². The van der Waals surface area contributed by atoms with Crippen molar-refractivity contribution in [3.63, 3.8) is 0 Å². The highest BCUT2D eigenvalue weighted by Crippen LogP contribution is 2.20. The molecule has 0 aliphatic rings. The smallest absolute Gasteiger partial charge is 0.269 e. The van der Waals surface area contributed by atoms with Crippen LogP contribution in [0, 0.1) is 0 Å². The fourth-order valence-corrected chi connectivity index (χ4v) is 2.62. The molecule has 25 heavy (non-hydrogen) atoms. The molecule has 2 heterocycles. The second-order valence-corrected chi connectivity index (χ2v) is 5.71. The largest absolute Gasteiger partial charge is 0.508 e. The van der Waals surface area contributed by atoms with Gasteiger partial charge < -0.3 is 15.0 Å². The summed E-state index contributed by atoms with van der Waals surface area (Å²) in [7, 11) is 0. The Balaban J connectivity index is 1.51. The van der Waals surface area contributed by atoms with Gasteiger partial charge in [0.15, 0.2) is 0 Å². The van der Waals surface area contributed by atoms with Gasteiger partial charge in [-0.25, -0.2) is 4.98 Å². The molecule has 1 aromatic carbocycles. The lowest BCUT2D eigenvalue weighted by atomic mass is 10.1. The number of H-pyrrole nitrogens is 1. The number of aromatic amines is 1. The van der Waals surface area contributed by atoms with E-state index in [2.05, 4.69) is 32.0 Å². The Morgan fingerprint density at radius 3 is 2.88 bits per heavy atom. The SMILES string of the molecule is CCc1nccn1CCCNC(=O)c1cc(-c2ccc(O)cc2)n[nH]1. The van der Waals surface area contributed by atoms with Crippen LogP contribution in [0.5, 0.6) is 5.75 Å². The van der Waals surface area contributed by atoms with Crippen LogP contribution in [0.1, 0.15) is 29.7 Å². The Morgan fingerprint density at radius 1 is 1.32 bits per heavy atom. The van der Waals surface area contributed by atoms with Crippen LogP contribution in [0.15, 0.2) is 42.7 Å². The monoisotopic (exact) mass is 339 g/mol. The number of phenolic OH excluding ortho intramolecular Hbond substituents is 1. The van der Waals surface area contributed by atoms with Crippen molar-refractivity contribution in [3.8, 4) is 17.0 Å². The Kier molecular flexibility index (Phi) is 5.13. The zero-order valence-corrected chi connectivity index (χ0v) is 14.1. The predicted molar refractivity (Wildman–Crippen MR) is 94.2 cm³/mol. The van der Waals surface area contributed by atoms with Gasteiger partial charge in [-0.2, -0.15) is 5.10 Å². The van der Waals surface area contributed by atoms with Crippen LogP contribution in [0.4, 0.5) is 0 Å². The van der Waals surface area contributed by atoms with Crippen LogP contribution in [0.25, 0.3) is 11.3 Å². The Morgan fingerprint density at radius 2 is 2.12 bits per heavy atom. The van der Waals surface area contributed by atoms with E-state index in [1.807, 2.05) is 6.20 Å². The van der Waals surface area contributed by atoms with E-state index in [-0.39, 0.29) is 11.7 Å². The molecule has 0 spiro atoms. The fourth-order valence-electron chi connectivity index (χ4n) is 2.62. The number of aromatic hydroxyl groups is 1. The third-order valence-corrected chi connectivity index (χ3v) is 3.96. The van der Waals surface area contributed by atoms with Gasteiger partial charge in [0, 0.05) is 37.5 Å². The summed E-state index contributed by atoms with van der Waals surface area (Å²) in [4.78, 5) is 16.5. The minimum atomic E-state index is -0.182. The molecule has 0 radical (unpaired) electrons. The minimum absolute atomic E-state index is 0.182. The molecule has 3 rings (SSSR count). The van der Waals surface area contributed by atoms with Crippen LogP contribution in [-0.4, -0.2) is 37.3 Å². The lowest BCUT2D eigenvalue weighted by Crippen LogP contribution is -2.25. The number of carbonyl (C=O) groups excluding carboxylic acids is 1. The zero-order chi connectivity index (χ0) is 17.6. The van der Waals surface area contributed by atoms with E-state index in [0.717, 1.165) is 30.8 Å². The Labute approximate surface area is 145 Å². The van der Waals surface area contributed by atoms with Crippen molar-refractivity contribution in [1.82, 2.24) is 25.1 Å². The topological polar surface area (TPSA) is 95.8 Å². The summed E-state index contributed by atoms with van der Waals surface area (Å²) in [6.45, 7) is 3.48. The van der Waals surface area contributed by atoms with Crippen molar-refractivity contribution in [2.24, 2.45) is 0 Å². The van der Waals surface area contributed by atoms with Gasteiger partial charge in [0.25, 0.3) is 5.91 Å². The van der Waals surface area contributed by atoms with Gasteiger partial charge in [-0.15, -0.1) is 0 Å². The average molecular weight is 339 g/mol. The number of amides is 1. The molecule has 7 nitrogen and oxygen atoms in total. The quantitative estimate of drug-likeness (QED) is 0.576. The maximum atomic E-state index is 12.2. The van der Waals surface area contributed by atoms with Crippen LogP contribution < -0.4 is 5.32 Å². The van der Waals surface area contributed by atoms with Gasteiger partial charge >= 0.3 is 0 Å². The third kappa shape index (κ3) is 4.06. The molecule has 0 fully saturated rings. The van der Waals surface area contributed by atoms with Crippen molar-refractivity contribution in [1.29, 1.82) is 0 Å². The number of rotatable bonds is 7. The number of aryl methyl sites for hydroxylation is 2. The lowest BCUT2D eigenvalue weighted by molar-refractivity contribution is 0.0947. The molecule has 0 aliphatic carbocycles. The molecule has 2 aromatic heterocycles. The summed E-state index contributed by atoms with van der Waals surface area (Å²) in [6.07, 6.45) is 5.48. The highest BCUT2D eigenvalue weighted by atomic mass is 16.3. The molecular formula is C18H21N5O2. The van der Waals surface area contributed by atoms with E-state index in [1.165, 1.54) is 0 Å². The molecule has 130 valence electrons. The number of phenols is 1. The summed E-state index contributed by atoms with van der Waals surface area (Å²) in [5, 5.41) is 19.1. The molecule has 3 N–H and O–H groups in total. The first-order valence-electron chi connectivity index (χ1n) is 8.30. The highest BCUT2D eigenvalue weighted by Gasteiger charge is 2.10. The predicted octanol–water partition coefficient (Wildman–Crippen LogP) is 2.36. The average Bonchev–Trinajstić information content (AvgIpc) is 3.28. The molecule has 3 aromatic rings. The van der Waals surface area contributed by atoms with Gasteiger partial charge in [-0.05, 0) is 36.8 Å². The Bertz CT molecular complexity index is 835. The van der Waals surface area contributed by atoms with Crippen LogP contribution in [0.3, 0.4) is 0 Å². The summed E-state index contributed by atoms with van der Waals surface area (Å²) in [5.41, 5.74) is 1.91. The zero-order valence-electron chi connectivity index (χ0n) is 14.1. The van der Waals surface area contributed by atoms with Gasteiger partial charge in [0.1, 0.15) is 17.3 Å². The first-order chi connectivity index (χ1) is 12.2. The highest BCUT2D eigenvalue weighted by molar-refractivity contribution is 5.93. The second kappa shape index (κ2) is 7.65. The van der Waals surface area contributed by atoms with Crippen molar-refractivity contribution in [2.75, 3.05) is 6.54 Å². The van der Waals surface area contributed by atoms with Crippen molar-refractivity contribution in [2.45, 2.75) is 26.3 Å².